The first-order valence-electron chi connectivity index (χ1n) is 6.58. The number of amides is 4. The molecule has 6 nitrogen and oxygen atoms in total. The van der Waals surface area contributed by atoms with Gasteiger partial charge in [-0.25, -0.2) is 9.59 Å². The minimum atomic E-state index is -0.403. The number of halogens is 1. The predicted octanol–water partition coefficient (Wildman–Crippen LogP) is 3.70. The van der Waals surface area contributed by atoms with Gasteiger partial charge in [-0.15, -0.1) is 0 Å². The molecule has 0 spiro atoms. The van der Waals surface area contributed by atoms with Crippen LogP contribution in [0.3, 0.4) is 0 Å². The zero-order valence-electron chi connectivity index (χ0n) is 13.0. The molecule has 0 atom stereocenters. The fourth-order valence-corrected chi connectivity index (χ4v) is 2.28. The smallest absolute Gasteiger partial charge is 0.329 e. The quantitative estimate of drug-likeness (QED) is 0.622. The number of rotatable bonds is 2. The number of carbonyl (C=O) groups is 2. The first-order valence-corrected chi connectivity index (χ1v) is 8.36. The Morgan fingerprint density at radius 1 is 1.23 bits per heavy atom. The molecule has 120 valence electrons. The van der Waals surface area contributed by atoms with Crippen molar-refractivity contribution in [3.8, 4) is 0 Å². The van der Waals surface area contributed by atoms with E-state index >= 15 is 0 Å². The Labute approximate surface area is 143 Å². The topological polar surface area (TPSA) is 65.0 Å². The van der Waals surface area contributed by atoms with E-state index in [-0.39, 0.29) is 6.03 Å². The van der Waals surface area contributed by atoms with Crippen LogP contribution in [0.15, 0.2) is 33.7 Å². The van der Waals surface area contributed by atoms with Crippen LogP contribution in [-0.2, 0) is 0 Å². The number of carbonyl (C=O) groups excluding carboxylic acids is 2. The molecule has 1 N–H and O–H groups in total. The third-order valence-corrected chi connectivity index (χ3v) is 3.98. The Kier molecular flexibility index (Phi) is 7.40. The monoisotopic (exact) mass is 386 g/mol. The van der Waals surface area contributed by atoms with Crippen molar-refractivity contribution in [3.63, 3.8) is 0 Å². The van der Waals surface area contributed by atoms with E-state index < -0.39 is 6.03 Å². The van der Waals surface area contributed by atoms with Gasteiger partial charge in [0.05, 0.1) is 0 Å². The van der Waals surface area contributed by atoms with Crippen molar-refractivity contribution in [2.75, 3.05) is 32.2 Å². The van der Waals surface area contributed by atoms with E-state index in [2.05, 4.69) is 26.2 Å². The maximum absolute atomic E-state index is 12.2. The number of hydrogen-bond donors (Lipinski definition) is 1. The van der Waals surface area contributed by atoms with Crippen molar-refractivity contribution in [2.24, 2.45) is 4.99 Å². The number of hydrogen-bond acceptors (Lipinski definition) is 3. The second kappa shape index (κ2) is 8.79. The molecular formula is C14H19BrN4O2S. The van der Waals surface area contributed by atoms with Gasteiger partial charge in [-0.05, 0) is 30.0 Å². The normalized spacial score (nSPS) is 11.0. The Morgan fingerprint density at radius 2 is 1.82 bits per heavy atom. The average Bonchev–Trinajstić information content (AvgIpc) is 2.48. The summed E-state index contributed by atoms with van der Waals surface area (Å²) in [4.78, 5) is 30.6. The van der Waals surface area contributed by atoms with Gasteiger partial charge in [-0.2, -0.15) is 4.99 Å². The molecule has 0 saturated heterocycles. The molecule has 4 amide bonds. The van der Waals surface area contributed by atoms with Crippen molar-refractivity contribution in [2.45, 2.75) is 6.92 Å². The first-order chi connectivity index (χ1) is 10.3. The standard InChI is InChI=1S/C14H19BrN4O2S/c1-5-22-14(17-12(20)18(2)3)19(4)13(21)16-11-8-6-10(15)7-9-11/h6-9H,5H2,1-4H3,(H,16,21). The van der Waals surface area contributed by atoms with Crippen molar-refractivity contribution in [1.29, 1.82) is 0 Å². The van der Waals surface area contributed by atoms with Crippen LogP contribution in [0.1, 0.15) is 6.92 Å². The summed E-state index contributed by atoms with van der Waals surface area (Å²) in [5.74, 6) is 0.704. The second-order valence-electron chi connectivity index (χ2n) is 4.50. The van der Waals surface area contributed by atoms with Gasteiger partial charge in [0.25, 0.3) is 0 Å². The Hall–Kier alpha value is -1.54. The molecule has 0 aliphatic rings. The van der Waals surface area contributed by atoms with E-state index in [4.69, 9.17) is 0 Å². The Morgan fingerprint density at radius 3 is 2.32 bits per heavy atom. The molecule has 1 rings (SSSR count). The molecule has 0 aliphatic heterocycles. The molecule has 1 aromatic carbocycles. The fourth-order valence-electron chi connectivity index (χ4n) is 1.34. The lowest BCUT2D eigenvalue weighted by molar-refractivity contribution is 0.227. The largest absolute Gasteiger partial charge is 0.345 e. The van der Waals surface area contributed by atoms with Gasteiger partial charge in [-0.1, -0.05) is 34.6 Å². The van der Waals surface area contributed by atoms with Gasteiger partial charge >= 0.3 is 12.1 Å². The summed E-state index contributed by atoms with van der Waals surface area (Å²) in [6.45, 7) is 1.93. The maximum Gasteiger partial charge on any atom is 0.345 e. The summed E-state index contributed by atoms with van der Waals surface area (Å²) in [6, 6.07) is 6.48. The summed E-state index contributed by atoms with van der Waals surface area (Å²) in [5.41, 5.74) is 0.667. The number of thioether (sulfide) groups is 1. The summed E-state index contributed by atoms with van der Waals surface area (Å²) in [6.07, 6.45) is 0. The lowest BCUT2D eigenvalue weighted by Crippen LogP contribution is -2.36. The molecule has 0 aromatic heterocycles. The third kappa shape index (κ3) is 5.69. The number of benzene rings is 1. The number of urea groups is 2. The molecule has 0 fully saturated rings. The van der Waals surface area contributed by atoms with E-state index in [1.54, 1.807) is 33.3 Å². The summed E-state index contributed by atoms with van der Waals surface area (Å²) in [7, 11) is 4.81. The van der Waals surface area contributed by atoms with E-state index in [1.165, 1.54) is 21.6 Å². The fraction of sp³-hybridized carbons (Fsp3) is 0.357. The van der Waals surface area contributed by atoms with Crippen LogP contribution in [0.25, 0.3) is 0 Å². The minimum Gasteiger partial charge on any atom is -0.329 e. The summed E-state index contributed by atoms with van der Waals surface area (Å²) in [5, 5.41) is 3.11. The highest BCUT2D eigenvalue weighted by molar-refractivity contribution is 9.10. The van der Waals surface area contributed by atoms with Crippen LogP contribution < -0.4 is 5.32 Å². The molecule has 1 aromatic rings. The van der Waals surface area contributed by atoms with Crippen LogP contribution in [0.4, 0.5) is 15.3 Å². The highest BCUT2D eigenvalue weighted by atomic mass is 79.9. The van der Waals surface area contributed by atoms with Gasteiger partial charge in [0.2, 0.25) is 0 Å². The zero-order valence-corrected chi connectivity index (χ0v) is 15.4. The average molecular weight is 387 g/mol. The van der Waals surface area contributed by atoms with Crippen molar-refractivity contribution < 1.29 is 9.59 Å². The van der Waals surface area contributed by atoms with E-state index in [0.29, 0.717) is 16.6 Å². The predicted molar refractivity (Wildman–Crippen MR) is 95.6 cm³/mol. The third-order valence-electron chi connectivity index (χ3n) is 2.53. The minimum absolute atomic E-state index is 0.353. The number of aliphatic imine (C=N–C) groups is 1. The van der Waals surface area contributed by atoms with Crippen LogP contribution >= 0.6 is 27.7 Å². The van der Waals surface area contributed by atoms with Crippen LogP contribution in [0.5, 0.6) is 0 Å². The molecule has 0 heterocycles. The highest BCUT2D eigenvalue weighted by Gasteiger charge is 2.17. The molecule has 0 saturated carbocycles. The number of nitrogens with one attached hydrogen (secondary N) is 1. The lowest BCUT2D eigenvalue weighted by Gasteiger charge is -2.19. The van der Waals surface area contributed by atoms with Crippen molar-refractivity contribution >= 4 is 50.6 Å². The molecule has 0 unspecified atom stereocenters. The molecule has 0 bridgehead atoms. The lowest BCUT2D eigenvalue weighted by atomic mass is 10.3. The molecule has 0 radical (unpaired) electrons. The van der Waals surface area contributed by atoms with Crippen molar-refractivity contribution in [1.82, 2.24) is 9.80 Å². The van der Waals surface area contributed by atoms with E-state index in [1.807, 2.05) is 19.1 Å². The summed E-state index contributed by atoms with van der Waals surface area (Å²) < 4.78 is 0.930. The SMILES string of the molecule is CCSC(=NC(=O)N(C)C)N(C)C(=O)Nc1ccc(Br)cc1. The van der Waals surface area contributed by atoms with Gasteiger partial charge in [-0.3, -0.25) is 4.90 Å². The molecule has 8 heteroatoms. The molecule has 22 heavy (non-hydrogen) atoms. The van der Waals surface area contributed by atoms with E-state index in [0.717, 1.165) is 4.47 Å². The number of anilines is 1. The number of nitrogens with zero attached hydrogens (tertiary/aromatic N) is 3. The van der Waals surface area contributed by atoms with Crippen LogP contribution in [0.2, 0.25) is 0 Å². The molecule has 0 aliphatic carbocycles. The second-order valence-corrected chi connectivity index (χ2v) is 6.65. The highest BCUT2D eigenvalue weighted by Crippen LogP contribution is 2.15. The van der Waals surface area contributed by atoms with Gasteiger partial charge in [0, 0.05) is 31.3 Å². The zero-order chi connectivity index (χ0) is 16.7. The Bertz CT molecular complexity index is 560. The number of amidine groups is 1. The van der Waals surface area contributed by atoms with Crippen molar-refractivity contribution in [3.05, 3.63) is 28.7 Å². The van der Waals surface area contributed by atoms with E-state index in [9.17, 15) is 9.59 Å². The van der Waals surface area contributed by atoms with Gasteiger partial charge in [0.15, 0.2) is 5.17 Å². The van der Waals surface area contributed by atoms with Gasteiger partial charge < -0.3 is 10.2 Å². The van der Waals surface area contributed by atoms with Crippen LogP contribution in [0, 0.1) is 0 Å². The maximum atomic E-state index is 12.2. The Balaban J connectivity index is 2.84. The van der Waals surface area contributed by atoms with Crippen LogP contribution in [-0.4, -0.2) is 53.9 Å². The summed E-state index contributed by atoms with van der Waals surface area (Å²) >= 11 is 4.67. The van der Waals surface area contributed by atoms with Gasteiger partial charge in [0.1, 0.15) is 0 Å². The molecular weight excluding hydrogens is 368 g/mol. The first kappa shape index (κ1) is 18.5.